The number of carbonyl (C=O) groups excluding carboxylic acids is 6. The fourth-order valence-corrected chi connectivity index (χ4v) is 6.78. The van der Waals surface area contributed by atoms with Crippen molar-refractivity contribution in [3.8, 4) is 0 Å². The fourth-order valence-electron chi connectivity index (χ4n) is 6.52. The largest absolute Gasteiger partial charge is 0.480 e. The molecule has 1 heterocycles. The summed E-state index contributed by atoms with van der Waals surface area (Å²) in [5, 5.41) is 36.0. The van der Waals surface area contributed by atoms with Crippen LogP contribution in [0.25, 0.3) is 0 Å². The Morgan fingerprint density at radius 2 is 1.18 bits per heavy atom. The molecule has 15 N–H and O–H groups in total. The summed E-state index contributed by atoms with van der Waals surface area (Å²) in [7, 11) is 0. The first kappa shape index (κ1) is 52.8. The second-order valence-electron chi connectivity index (χ2n) is 15.9. The molecule has 21 nitrogen and oxygen atoms in total. The Morgan fingerprint density at radius 1 is 0.692 bits per heavy atom. The van der Waals surface area contributed by atoms with Gasteiger partial charge in [0.05, 0.1) is 18.5 Å². The molecule has 0 bridgehead atoms. The maximum absolute atomic E-state index is 13.9. The highest BCUT2D eigenvalue weighted by Gasteiger charge is 2.35. The van der Waals surface area contributed by atoms with Gasteiger partial charge in [-0.1, -0.05) is 74.5 Å². The molecule has 0 aliphatic carbocycles. The molecule has 354 valence electrons. The zero-order valence-electron chi connectivity index (χ0n) is 36.6. The number of amides is 6. The number of thiol groups is 1. The van der Waals surface area contributed by atoms with Crippen LogP contribution >= 0.6 is 12.6 Å². The van der Waals surface area contributed by atoms with Gasteiger partial charge in [0.1, 0.15) is 36.3 Å². The third-order valence-electron chi connectivity index (χ3n) is 9.94. The van der Waals surface area contributed by atoms with Gasteiger partial charge >= 0.3 is 5.97 Å². The van der Waals surface area contributed by atoms with E-state index in [4.69, 9.17) is 17.2 Å². The van der Waals surface area contributed by atoms with Gasteiger partial charge in [-0.2, -0.15) is 12.6 Å². The van der Waals surface area contributed by atoms with Crippen molar-refractivity contribution in [1.82, 2.24) is 41.9 Å². The molecule has 0 saturated heterocycles. The molecular weight excluding hydrogens is 861 g/mol. The molecule has 0 spiro atoms. The SMILES string of the molecule is CC(C)C[C@H](NC(=O)[C@@H](NC(=O)[C@H](Cc1ccccc1)NC(=O)[C@@H](N)Cc1cnc[nH]1)[C@@H](C)O)C(=O)N[C@@H](CS)C(=O)N[C@@H](Cc1ccccc1)C(=O)N[C@@H](CCCN=C(N)N)C(=O)O. The van der Waals surface area contributed by atoms with Gasteiger partial charge in [0.25, 0.3) is 0 Å². The molecule has 0 aliphatic heterocycles. The molecule has 1 aromatic heterocycles. The molecule has 6 amide bonds. The van der Waals surface area contributed by atoms with E-state index in [-0.39, 0.29) is 62.7 Å². The van der Waals surface area contributed by atoms with Crippen LogP contribution in [0.15, 0.2) is 78.2 Å². The van der Waals surface area contributed by atoms with E-state index in [9.17, 15) is 43.8 Å². The van der Waals surface area contributed by atoms with Crippen molar-refractivity contribution < 1.29 is 43.8 Å². The normalized spacial score (nSPS) is 14.8. The van der Waals surface area contributed by atoms with E-state index in [0.29, 0.717) is 16.8 Å². The lowest BCUT2D eigenvalue weighted by Gasteiger charge is -2.28. The highest BCUT2D eigenvalue weighted by Crippen LogP contribution is 2.11. The molecule has 0 fully saturated rings. The number of aromatic amines is 1. The summed E-state index contributed by atoms with van der Waals surface area (Å²) >= 11 is 4.27. The summed E-state index contributed by atoms with van der Waals surface area (Å²) < 4.78 is 0. The van der Waals surface area contributed by atoms with Crippen molar-refractivity contribution >= 4 is 60.0 Å². The molecule has 0 unspecified atom stereocenters. The zero-order valence-corrected chi connectivity index (χ0v) is 37.5. The Kier molecular flexibility index (Phi) is 21.9. The second kappa shape index (κ2) is 27.0. The second-order valence-corrected chi connectivity index (χ2v) is 16.3. The van der Waals surface area contributed by atoms with Crippen molar-refractivity contribution in [2.45, 2.75) is 108 Å². The van der Waals surface area contributed by atoms with E-state index in [1.807, 2.05) is 0 Å². The van der Waals surface area contributed by atoms with E-state index in [1.165, 1.54) is 19.4 Å². The van der Waals surface area contributed by atoms with Gasteiger partial charge < -0.3 is 64.3 Å². The number of aliphatic hydroxyl groups excluding tert-OH is 1. The number of benzene rings is 2. The van der Waals surface area contributed by atoms with Gasteiger partial charge in [-0.05, 0) is 43.2 Å². The number of nitrogens with one attached hydrogen (secondary N) is 7. The maximum Gasteiger partial charge on any atom is 0.326 e. The van der Waals surface area contributed by atoms with Gasteiger partial charge in [0.15, 0.2) is 5.96 Å². The maximum atomic E-state index is 13.9. The molecule has 0 saturated carbocycles. The Morgan fingerprint density at radius 3 is 1.68 bits per heavy atom. The van der Waals surface area contributed by atoms with E-state index >= 15 is 0 Å². The predicted molar refractivity (Wildman–Crippen MR) is 245 cm³/mol. The molecular formula is C43H62N12O9S. The Hall–Kier alpha value is -6.52. The molecule has 0 aliphatic rings. The summed E-state index contributed by atoms with van der Waals surface area (Å²) in [6.07, 6.45) is 1.79. The molecule has 0 radical (unpaired) electrons. The van der Waals surface area contributed by atoms with Gasteiger partial charge in [-0.15, -0.1) is 0 Å². The first-order valence-corrected chi connectivity index (χ1v) is 21.7. The molecule has 22 heteroatoms. The minimum Gasteiger partial charge on any atom is -0.480 e. The quantitative estimate of drug-likeness (QED) is 0.0173. The minimum absolute atomic E-state index is 0.00357. The number of aromatic nitrogens is 2. The average Bonchev–Trinajstić information content (AvgIpc) is 3.78. The van der Waals surface area contributed by atoms with Crippen molar-refractivity contribution in [2.75, 3.05) is 12.3 Å². The molecule has 2 aromatic carbocycles. The van der Waals surface area contributed by atoms with Crippen LogP contribution in [-0.4, -0.2) is 128 Å². The third kappa shape index (κ3) is 18.6. The number of carboxylic acids is 1. The summed E-state index contributed by atoms with van der Waals surface area (Å²) in [4.78, 5) is 105. The Bertz CT molecular complexity index is 2040. The lowest BCUT2D eigenvalue weighted by molar-refractivity contribution is -0.142. The van der Waals surface area contributed by atoms with Crippen LogP contribution in [-0.2, 0) is 52.8 Å². The standard InChI is InChI=1S/C43H62N12O9S/c1-24(2)17-31(53-41(62)35(25(3)56)55-39(60)33(19-27-13-8-5-9-14-27)51-36(57)29(44)20-28-21-47-23-49-28)37(58)54-34(22-65)40(61)52-32(18-26-11-6-4-7-12-26)38(59)50-30(42(63)64)15-10-16-48-43(45)46/h4-9,11-14,21,23-25,29-35,56,65H,10,15-20,22,44H2,1-3H3,(H,47,49)(H,50,59)(H,51,57)(H,52,61)(H,53,62)(H,54,58)(H,55,60)(H,63,64)(H4,45,46,48)/t25-,29+,30+,31+,32+,33+,34+,35+/m1/s1. The number of hydrogen-bond acceptors (Lipinski definition) is 12. The number of nitrogens with two attached hydrogens (primary N) is 3. The van der Waals surface area contributed by atoms with E-state index in [1.54, 1.807) is 74.5 Å². The van der Waals surface area contributed by atoms with Gasteiger partial charge in [-0.25, -0.2) is 9.78 Å². The van der Waals surface area contributed by atoms with E-state index < -0.39 is 89.8 Å². The highest BCUT2D eigenvalue weighted by atomic mass is 32.1. The number of aliphatic carboxylic acids is 1. The number of nitrogens with zero attached hydrogens (tertiary/aromatic N) is 2. The number of rotatable bonds is 27. The topological polar surface area (TPSA) is 351 Å². The summed E-state index contributed by atoms with van der Waals surface area (Å²) in [5.74, 6) is -6.78. The molecule has 65 heavy (non-hydrogen) atoms. The van der Waals surface area contributed by atoms with Crippen LogP contribution in [0, 0.1) is 5.92 Å². The number of carboxylic acid groups (broad SMARTS) is 1. The van der Waals surface area contributed by atoms with Gasteiger partial charge in [-0.3, -0.25) is 33.8 Å². The van der Waals surface area contributed by atoms with Gasteiger partial charge in [0, 0.05) is 43.5 Å². The number of hydrogen-bond donors (Lipinski definition) is 13. The van der Waals surface area contributed by atoms with E-state index in [0.717, 1.165) is 0 Å². The van der Waals surface area contributed by atoms with Crippen molar-refractivity contribution in [3.05, 3.63) is 90.0 Å². The van der Waals surface area contributed by atoms with Crippen molar-refractivity contribution in [1.29, 1.82) is 0 Å². The summed E-state index contributed by atoms with van der Waals surface area (Å²) in [6, 6.07) is 8.23. The third-order valence-corrected chi connectivity index (χ3v) is 10.3. The van der Waals surface area contributed by atoms with Crippen LogP contribution in [0.3, 0.4) is 0 Å². The van der Waals surface area contributed by atoms with Crippen molar-refractivity contribution in [2.24, 2.45) is 28.1 Å². The van der Waals surface area contributed by atoms with Crippen LogP contribution in [0.2, 0.25) is 0 Å². The van der Waals surface area contributed by atoms with Crippen LogP contribution < -0.4 is 49.1 Å². The monoisotopic (exact) mass is 922 g/mol. The number of aliphatic hydroxyl groups is 1. The molecule has 3 rings (SSSR count). The summed E-state index contributed by atoms with van der Waals surface area (Å²) in [5.41, 5.74) is 18.8. The Balaban J connectivity index is 1.77. The van der Waals surface area contributed by atoms with Crippen molar-refractivity contribution in [3.63, 3.8) is 0 Å². The first-order chi connectivity index (χ1) is 30.9. The highest BCUT2D eigenvalue weighted by molar-refractivity contribution is 7.80. The molecule has 3 aromatic rings. The lowest BCUT2D eigenvalue weighted by atomic mass is 10.0. The zero-order chi connectivity index (χ0) is 48.1. The number of H-pyrrole nitrogens is 1. The fraction of sp³-hybridized carbons (Fsp3) is 0.465. The average molecular weight is 923 g/mol. The number of imidazole rings is 1. The number of aliphatic imine (C=N–C) groups is 1. The van der Waals surface area contributed by atoms with Crippen LogP contribution in [0.4, 0.5) is 0 Å². The molecule has 8 atom stereocenters. The minimum atomic E-state index is -1.61. The van der Waals surface area contributed by atoms with Crippen LogP contribution in [0.5, 0.6) is 0 Å². The Labute approximate surface area is 382 Å². The van der Waals surface area contributed by atoms with Gasteiger partial charge in [0.2, 0.25) is 35.4 Å². The first-order valence-electron chi connectivity index (χ1n) is 21.1. The smallest absolute Gasteiger partial charge is 0.326 e. The summed E-state index contributed by atoms with van der Waals surface area (Å²) in [6.45, 7) is 4.97. The van der Waals surface area contributed by atoms with E-state index in [2.05, 4.69) is 59.5 Å². The number of guanidine groups is 1. The number of carbonyl (C=O) groups is 7. The van der Waals surface area contributed by atoms with Crippen LogP contribution in [0.1, 0.15) is 56.9 Å². The predicted octanol–water partition coefficient (Wildman–Crippen LogP) is -1.83. The lowest BCUT2D eigenvalue weighted by Crippen LogP contribution is -2.62.